The SMILES string of the molecule is Cc1nc(C(=O)NC23CC4CCC(CC(C4)C2)C3)c(C)n1CC1CCCO1. The number of nitrogens with zero attached hydrogens (tertiary/aromatic N) is 2. The van der Waals surface area contributed by atoms with Crippen LogP contribution < -0.4 is 5.32 Å². The maximum absolute atomic E-state index is 13.2. The number of rotatable bonds is 4. The molecular weight excluding hydrogens is 338 g/mol. The van der Waals surface area contributed by atoms with Crippen LogP contribution in [0, 0.1) is 31.6 Å². The predicted octanol–water partition coefficient (Wildman–Crippen LogP) is 3.77. The average Bonchev–Trinajstić information content (AvgIpc) is 3.16. The van der Waals surface area contributed by atoms with Crippen molar-refractivity contribution in [3.63, 3.8) is 0 Å². The lowest BCUT2D eigenvalue weighted by atomic mass is 9.63. The molecule has 4 saturated carbocycles. The zero-order chi connectivity index (χ0) is 18.6. The number of aromatic nitrogens is 2. The molecule has 0 radical (unpaired) electrons. The minimum Gasteiger partial charge on any atom is -0.376 e. The van der Waals surface area contributed by atoms with Crippen molar-refractivity contribution in [2.45, 2.75) is 89.8 Å². The van der Waals surface area contributed by atoms with Crippen LogP contribution in [0.3, 0.4) is 0 Å². The van der Waals surface area contributed by atoms with Gasteiger partial charge in [0.15, 0.2) is 0 Å². The second-order valence-electron chi connectivity index (χ2n) is 9.83. The van der Waals surface area contributed by atoms with Crippen LogP contribution in [0.25, 0.3) is 0 Å². The van der Waals surface area contributed by atoms with Crippen molar-refractivity contribution in [1.82, 2.24) is 14.9 Å². The van der Waals surface area contributed by atoms with Gasteiger partial charge in [0.2, 0.25) is 0 Å². The monoisotopic (exact) mass is 371 g/mol. The van der Waals surface area contributed by atoms with Gasteiger partial charge >= 0.3 is 0 Å². The summed E-state index contributed by atoms with van der Waals surface area (Å²) >= 11 is 0. The number of aryl methyl sites for hydroxylation is 1. The number of hydrogen-bond donors (Lipinski definition) is 1. The van der Waals surface area contributed by atoms with Gasteiger partial charge in [-0.1, -0.05) is 12.8 Å². The molecule has 5 aliphatic rings. The van der Waals surface area contributed by atoms with E-state index in [1.807, 2.05) is 13.8 Å². The van der Waals surface area contributed by atoms with E-state index >= 15 is 0 Å². The minimum absolute atomic E-state index is 0.0305. The highest BCUT2D eigenvalue weighted by atomic mass is 16.5. The Morgan fingerprint density at radius 2 is 1.85 bits per heavy atom. The molecular formula is C22H33N3O2. The number of fused-ring (bicyclic) bond motifs is 1. The first kappa shape index (κ1) is 17.7. The molecule has 148 valence electrons. The van der Waals surface area contributed by atoms with E-state index < -0.39 is 0 Å². The van der Waals surface area contributed by atoms with Gasteiger partial charge in [0.05, 0.1) is 12.6 Å². The highest BCUT2D eigenvalue weighted by Crippen LogP contribution is 2.53. The van der Waals surface area contributed by atoms with E-state index in [1.165, 1.54) is 44.9 Å². The van der Waals surface area contributed by atoms with Crippen LogP contribution in [0.4, 0.5) is 0 Å². The maximum Gasteiger partial charge on any atom is 0.272 e. The van der Waals surface area contributed by atoms with Gasteiger partial charge in [-0.15, -0.1) is 0 Å². The first-order chi connectivity index (χ1) is 13.0. The molecule has 3 unspecified atom stereocenters. The van der Waals surface area contributed by atoms with Crippen LogP contribution in [0.15, 0.2) is 0 Å². The Morgan fingerprint density at radius 3 is 2.52 bits per heavy atom. The molecule has 1 saturated heterocycles. The summed E-state index contributed by atoms with van der Waals surface area (Å²) in [7, 11) is 0. The first-order valence-electron chi connectivity index (χ1n) is 11.0. The van der Waals surface area contributed by atoms with E-state index in [0.717, 1.165) is 55.3 Å². The summed E-state index contributed by atoms with van der Waals surface area (Å²) in [4.78, 5) is 17.9. The molecule has 4 bridgehead atoms. The van der Waals surface area contributed by atoms with Crippen LogP contribution in [-0.2, 0) is 11.3 Å². The number of carbonyl (C=O) groups is 1. The Bertz CT molecular complexity index is 718. The van der Waals surface area contributed by atoms with E-state index in [4.69, 9.17) is 4.74 Å². The quantitative estimate of drug-likeness (QED) is 0.876. The second-order valence-corrected chi connectivity index (χ2v) is 9.83. The van der Waals surface area contributed by atoms with E-state index in [9.17, 15) is 4.79 Å². The summed E-state index contributed by atoms with van der Waals surface area (Å²) in [6, 6.07) is 0. The zero-order valence-corrected chi connectivity index (χ0v) is 16.8. The molecule has 0 spiro atoms. The Morgan fingerprint density at radius 1 is 1.15 bits per heavy atom. The van der Waals surface area contributed by atoms with Gasteiger partial charge in [-0.2, -0.15) is 0 Å². The van der Waals surface area contributed by atoms with Crippen LogP contribution in [0.1, 0.15) is 79.8 Å². The van der Waals surface area contributed by atoms with Crippen molar-refractivity contribution < 1.29 is 9.53 Å². The van der Waals surface area contributed by atoms with Crippen LogP contribution in [0.2, 0.25) is 0 Å². The molecule has 27 heavy (non-hydrogen) atoms. The Balaban J connectivity index is 1.35. The van der Waals surface area contributed by atoms with E-state index in [-0.39, 0.29) is 17.6 Å². The molecule has 1 aromatic heterocycles. The first-order valence-corrected chi connectivity index (χ1v) is 11.0. The summed E-state index contributed by atoms with van der Waals surface area (Å²) in [5.41, 5.74) is 1.64. The topological polar surface area (TPSA) is 56.2 Å². The van der Waals surface area contributed by atoms with Gasteiger partial charge in [0, 0.05) is 17.8 Å². The van der Waals surface area contributed by atoms with Gasteiger partial charge in [-0.05, 0) is 76.5 Å². The summed E-state index contributed by atoms with van der Waals surface area (Å²) in [6.07, 6.45) is 11.6. The number of ether oxygens (including phenoxy) is 1. The summed E-state index contributed by atoms with van der Waals surface area (Å²) in [5, 5.41) is 3.51. The van der Waals surface area contributed by atoms with Gasteiger partial charge in [0.25, 0.3) is 5.91 Å². The summed E-state index contributed by atoms with van der Waals surface area (Å²) in [5.74, 6) is 3.43. The van der Waals surface area contributed by atoms with Crippen molar-refractivity contribution in [3.8, 4) is 0 Å². The number of amides is 1. The van der Waals surface area contributed by atoms with Crippen molar-refractivity contribution in [1.29, 1.82) is 0 Å². The Hall–Kier alpha value is -1.36. The smallest absolute Gasteiger partial charge is 0.272 e. The van der Waals surface area contributed by atoms with Crippen LogP contribution in [0.5, 0.6) is 0 Å². The van der Waals surface area contributed by atoms with Gasteiger partial charge in [-0.25, -0.2) is 4.98 Å². The third-order valence-electron chi connectivity index (χ3n) is 7.77. The molecule has 4 aliphatic carbocycles. The normalized spacial score (nSPS) is 37.6. The molecule has 1 aromatic rings. The highest BCUT2D eigenvalue weighted by Gasteiger charge is 2.49. The average molecular weight is 372 g/mol. The van der Waals surface area contributed by atoms with Crippen molar-refractivity contribution in [2.24, 2.45) is 17.8 Å². The van der Waals surface area contributed by atoms with E-state index in [2.05, 4.69) is 14.9 Å². The van der Waals surface area contributed by atoms with Gasteiger partial charge < -0.3 is 14.6 Å². The van der Waals surface area contributed by atoms with Crippen LogP contribution >= 0.6 is 0 Å². The molecule has 1 amide bonds. The lowest BCUT2D eigenvalue weighted by molar-refractivity contribution is 0.0580. The minimum atomic E-state index is 0.0305. The third kappa shape index (κ3) is 3.22. The summed E-state index contributed by atoms with van der Waals surface area (Å²) < 4.78 is 7.97. The molecule has 1 N–H and O–H groups in total. The largest absolute Gasteiger partial charge is 0.376 e. The van der Waals surface area contributed by atoms with E-state index in [1.54, 1.807) is 0 Å². The standard InChI is InChI=1S/C22H33N3O2/c1-14-20(23-15(2)25(14)13-19-4-3-7-27-19)21(26)24-22-10-16-5-6-17(11-22)9-18(8-16)12-22/h16-19H,3-13H2,1-2H3,(H,24,26). The zero-order valence-electron chi connectivity index (χ0n) is 16.8. The molecule has 2 heterocycles. The fourth-order valence-electron chi connectivity index (χ4n) is 6.79. The maximum atomic E-state index is 13.2. The Labute approximate surface area is 162 Å². The van der Waals surface area contributed by atoms with E-state index in [0.29, 0.717) is 5.69 Å². The lowest BCUT2D eigenvalue weighted by Gasteiger charge is -2.48. The second kappa shape index (κ2) is 6.61. The molecule has 0 aromatic carbocycles. The molecule has 3 atom stereocenters. The fourth-order valence-corrected chi connectivity index (χ4v) is 6.79. The molecule has 6 rings (SSSR count). The highest BCUT2D eigenvalue weighted by molar-refractivity contribution is 5.94. The Kier molecular flexibility index (Phi) is 4.34. The fraction of sp³-hybridized carbons (Fsp3) is 0.818. The number of imidazole rings is 1. The number of hydrogen-bond acceptors (Lipinski definition) is 3. The summed E-state index contributed by atoms with van der Waals surface area (Å²) in [6.45, 7) is 5.72. The van der Waals surface area contributed by atoms with Crippen LogP contribution in [-0.4, -0.2) is 33.7 Å². The lowest BCUT2D eigenvalue weighted by Crippen LogP contribution is -2.55. The molecule has 5 heteroatoms. The number of nitrogens with one attached hydrogen (secondary N) is 1. The molecule has 5 nitrogen and oxygen atoms in total. The molecule has 5 fully saturated rings. The third-order valence-corrected chi connectivity index (χ3v) is 7.77. The van der Waals surface area contributed by atoms with Crippen molar-refractivity contribution >= 4 is 5.91 Å². The van der Waals surface area contributed by atoms with Crippen molar-refractivity contribution in [2.75, 3.05) is 6.61 Å². The predicted molar refractivity (Wildman–Crippen MR) is 104 cm³/mol. The van der Waals surface area contributed by atoms with Gasteiger partial charge in [0.1, 0.15) is 11.5 Å². The molecule has 1 aliphatic heterocycles. The van der Waals surface area contributed by atoms with Crippen molar-refractivity contribution in [3.05, 3.63) is 17.2 Å². The van der Waals surface area contributed by atoms with Gasteiger partial charge in [-0.3, -0.25) is 4.79 Å². The number of carbonyl (C=O) groups excluding carboxylic acids is 1.